The van der Waals surface area contributed by atoms with E-state index in [2.05, 4.69) is 0 Å². The van der Waals surface area contributed by atoms with Gasteiger partial charge in [-0.15, -0.1) is 0 Å². The second kappa shape index (κ2) is 9.33. The number of hydrogen-bond donors (Lipinski definition) is 0. The zero-order chi connectivity index (χ0) is 16.5. The fraction of sp³-hybridized carbons (Fsp3) is 0.750. The molecule has 0 spiro atoms. The fourth-order valence-electron chi connectivity index (χ4n) is 2.31. The molecule has 1 aliphatic carbocycles. The molecule has 0 bridgehead atoms. The first kappa shape index (κ1) is 18.3. The van der Waals surface area contributed by atoms with Gasteiger partial charge in [0.25, 0.3) is 0 Å². The molecule has 124 valence electrons. The lowest BCUT2D eigenvalue weighted by Crippen LogP contribution is -2.29. The van der Waals surface area contributed by atoms with E-state index in [4.69, 9.17) is 9.47 Å². The van der Waals surface area contributed by atoms with Gasteiger partial charge in [-0.2, -0.15) is 0 Å². The van der Waals surface area contributed by atoms with Gasteiger partial charge in [0.05, 0.1) is 12.8 Å². The molecule has 0 N–H and O–H groups in total. The topological polar surface area (TPSA) is 86.7 Å². The molecule has 0 aromatic heterocycles. The molecule has 0 aromatic rings. The van der Waals surface area contributed by atoms with Crippen molar-refractivity contribution in [2.45, 2.75) is 77.4 Å². The standard InChI is InChI=1S/C16H24O6/c1-11(17)3-9-15(19)21-13-5-7-14(8-6-13)22-16(20)10-4-12(2)18/h13-14H,3-10H2,1-2H3. The van der Waals surface area contributed by atoms with E-state index >= 15 is 0 Å². The second-order valence-corrected chi connectivity index (χ2v) is 5.78. The van der Waals surface area contributed by atoms with Crippen LogP contribution in [0.2, 0.25) is 0 Å². The van der Waals surface area contributed by atoms with Crippen molar-refractivity contribution in [1.29, 1.82) is 0 Å². The number of esters is 2. The van der Waals surface area contributed by atoms with E-state index in [1.165, 1.54) is 13.8 Å². The summed E-state index contributed by atoms with van der Waals surface area (Å²) in [6.07, 6.45) is 2.94. The minimum Gasteiger partial charge on any atom is -0.462 e. The van der Waals surface area contributed by atoms with Crippen molar-refractivity contribution in [3.05, 3.63) is 0 Å². The number of hydrogen-bond acceptors (Lipinski definition) is 6. The summed E-state index contributed by atoms with van der Waals surface area (Å²) in [4.78, 5) is 44.7. The Balaban J connectivity index is 2.20. The second-order valence-electron chi connectivity index (χ2n) is 5.78. The number of carbonyl (C=O) groups is 4. The average molecular weight is 312 g/mol. The van der Waals surface area contributed by atoms with Crippen molar-refractivity contribution in [3.63, 3.8) is 0 Å². The summed E-state index contributed by atoms with van der Waals surface area (Å²) in [7, 11) is 0. The van der Waals surface area contributed by atoms with Crippen molar-refractivity contribution in [3.8, 4) is 0 Å². The van der Waals surface area contributed by atoms with Gasteiger partial charge in [0, 0.05) is 12.8 Å². The van der Waals surface area contributed by atoms with Gasteiger partial charge in [-0.3, -0.25) is 9.59 Å². The van der Waals surface area contributed by atoms with Crippen LogP contribution < -0.4 is 0 Å². The zero-order valence-corrected chi connectivity index (χ0v) is 13.3. The normalized spacial score (nSPS) is 21.0. The van der Waals surface area contributed by atoms with Gasteiger partial charge in [-0.25, -0.2) is 0 Å². The molecule has 0 atom stereocenters. The first-order valence-electron chi connectivity index (χ1n) is 7.74. The van der Waals surface area contributed by atoms with Crippen LogP contribution in [0.3, 0.4) is 0 Å². The highest BCUT2D eigenvalue weighted by Gasteiger charge is 2.26. The van der Waals surface area contributed by atoms with Crippen molar-refractivity contribution in [2.75, 3.05) is 0 Å². The maximum atomic E-state index is 11.5. The number of rotatable bonds is 8. The van der Waals surface area contributed by atoms with E-state index in [-0.39, 0.29) is 61.4 Å². The molecule has 1 fully saturated rings. The molecule has 1 rings (SSSR count). The Morgan fingerprint density at radius 2 is 1.00 bits per heavy atom. The van der Waals surface area contributed by atoms with Gasteiger partial charge < -0.3 is 19.1 Å². The summed E-state index contributed by atoms with van der Waals surface area (Å²) in [5.41, 5.74) is 0. The molecular weight excluding hydrogens is 288 g/mol. The van der Waals surface area contributed by atoms with Crippen LogP contribution in [-0.2, 0) is 28.7 Å². The van der Waals surface area contributed by atoms with Crippen molar-refractivity contribution in [2.24, 2.45) is 0 Å². The van der Waals surface area contributed by atoms with Crippen molar-refractivity contribution < 1.29 is 28.7 Å². The number of ketones is 2. The summed E-state index contributed by atoms with van der Waals surface area (Å²) >= 11 is 0. The molecule has 0 radical (unpaired) electrons. The van der Waals surface area contributed by atoms with E-state index in [1.807, 2.05) is 0 Å². The van der Waals surface area contributed by atoms with Gasteiger partial charge in [0.15, 0.2) is 0 Å². The minimum absolute atomic E-state index is 0.0295. The fourth-order valence-corrected chi connectivity index (χ4v) is 2.31. The van der Waals surface area contributed by atoms with E-state index in [9.17, 15) is 19.2 Å². The predicted molar refractivity (Wildman–Crippen MR) is 78.1 cm³/mol. The van der Waals surface area contributed by atoms with E-state index < -0.39 is 0 Å². The lowest BCUT2D eigenvalue weighted by molar-refractivity contribution is -0.158. The molecule has 0 aromatic carbocycles. The highest BCUT2D eigenvalue weighted by Crippen LogP contribution is 2.24. The number of ether oxygens (including phenoxy) is 2. The minimum atomic E-state index is -0.350. The average Bonchev–Trinajstić information content (AvgIpc) is 2.45. The zero-order valence-electron chi connectivity index (χ0n) is 13.3. The smallest absolute Gasteiger partial charge is 0.306 e. The van der Waals surface area contributed by atoms with Crippen molar-refractivity contribution >= 4 is 23.5 Å². The molecule has 0 amide bonds. The maximum Gasteiger partial charge on any atom is 0.306 e. The number of Topliss-reactive ketones (excluding diaryl/α,β-unsaturated/α-hetero) is 2. The molecule has 0 heterocycles. The molecular formula is C16H24O6. The van der Waals surface area contributed by atoms with Gasteiger partial charge in [-0.1, -0.05) is 0 Å². The molecule has 1 saturated carbocycles. The molecule has 22 heavy (non-hydrogen) atoms. The Hall–Kier alpha value is -1.72. The van der Waals surface area contributed by atoms with Crippen LogP contribution in [0, 0.1) is 0 Å². The summed E-state index contributed by atoms with van der Waals surface area (Å²) < 4.78 is 10.6. The highest BCUT2D eigenvalue weighted by molar-refractivity contribution is 5.81. The van der Waals surface area contributed by atoms with Crippen LogP contribution in [-0.4, -0.2) is 35.7 Å². The first-order chi connectivity index (χ1) is 10.4. The number of carbonyl (C=O) groups excluding carboxylic acids is 4. The monoisotopic (exact) mass is 312 g/mol. The lowest BCUT2D eigenvalue weighted by atomic mass is 9.95. The Labute approximate surface area is 130 Å². The van der Waals surface area contributed by atoms with Gasteiger partial charge in [0.1, 0.15) is 23.8 Å². The summed E-state index contributed by atoms with van der Waals surface area (Å²) in [5, 5.41) is 0. The largest absolute Gasteiger partial charge is 0.462 e. The molecule has 0 aliphatic heterocycles. The molecule has 1 aliphatic rings. The van der Waals surface area contributed by atoms with Crippen LogP contribution in [0.1, 0.15) is 65.2 Å². The van der Waals surface area contributed by atoms with Gasteiger partial charge >= 0.3 is 11.9 Å². The van der Waals surface area contributed by atoms with Gasteiger partial charge in [-0.05, 0) is 39.5 Å². The summed E-state index contributed by atoms with van der Waals surface area (Å²) in [5.74, 6) is -0.759. The Morgan fingerprint density at radius 3 is 1.27 bits per heavy atom. The molecule has 0 saturated heterocycles. The van der Waals surface area contributed by atoms with E-state index in [1.54, 1.807) is 0 Å². The third-order valence-corrected chi connectivity index (χ3v) is 3.58. The molecule has 0 unspecified atom stereocenters. The molecule has 6 heteroatoms. The van der Waals surface area contributed by atoms with Crippen LogP contribution >= 0.6 is 0 Å². The Bertz CT molecular complexity index is 380. The Morgan fingerprint density at radius 1 is 0.682 bits per heavy atom. The molecule has 6 nitrogen and oxygen atoms in total. The van der Waals surface area contributed by atoms with Crippen LogP contribution in [0.4, 0.5) is 0 Å². The van der Waals surface area contributed by atoms with Crippen molar-refractivity contribution in [1.82, 2.24) is 0 Å². The van der Waals surface area contributed by atoms with Gasteiger partial charge in [0.2, 0.25) is 0 Å². The SMILES string of the molecule is CC(=O)CCC(=O)OC1CCC(OC(=O)CCC(C)=O)CC1. The van der Waals surface area contributed by atoms with Crippen LogP contribution in [0.15, 0.2) is 0 Å². The quantitative estimate of drug-likeness (QED) is 0.638. The lowest BCUT2D eigenvalue weighted by Gasteiger charge is -2.28. The third kappa shape index (κ3) is 7.90. The first-order valence-corrected chi connectivity index (χ1v) is 7.74. The van der Waals surface area contributed by atoms with Crippen LogP contribution in [0.25, 0.3) is 0 Å². The summed E-state index contributed by atoms with van der Waals surface area (Å²) in [6, 6.07) is 0. The Kier molecular flexibility index (Phi) is 7.77. The van der Waals surface area contributed by atoms with E-state index in [0.29, 0.717) is 25.7 Å². The summed E-state index contributed by atoms with van der Waals surface area (Å²) in [6.45, 7) is 2.89. The van der Waals surface area contributed by atoms with E-state index in [0.717, 1.165) is 0 Å². The predicted octanol–water partition coefficient (Wildman–Crippen LogP) is 2.12. The highest BCUT2D eigenvalue weighted by atomic mass is 16.6. The van der Waals surface area contributed by atoms with Crippen LogP contribution in [0.5, 0.6) is 0 Å². The maximum absolute atomic E-state index is 11.5. The third-order valence-electron chi connectivity index (χ3n) is 3.58.